The van der Waals surface area contributed by atoms with Crippen molar-refractivity contribution in [3.05, 3.63) is 11.6 Å². The molecule has 2 N–H and O–H groups in total. The molecule has 0 aliphatic carbocycles. The van der Waals surface area contributed by atoms with E-state index in [1.807, 2.05) is 0 Å². The van der Waals surface area contributed by atoms with E-state index >= 15 is 0 Å². The molecule has 0 fully saturated rings. The third kappa shape index (κ3) is 4.44. The fourth-order valence-electron chi connectivity index (χ4n) is 1.46. The molecule has 0 aromatic carbocycles. The average Bonchev–Trinajstić information content (AvgIpc) is 2.02. The van der Waals surface area contributed by atoms with Gasteiger partial charge < -0.3 is 5.73 Å². The van der Waals surface area contributed by atoms with Crippen LogP contribution in [0.15, 0.2) is 11.6 Å². The van der Waals surface area contributed by atoms with E-state index in [1.54, 1.807) is 0 Å². The fourth-order valence-corrected chi connectivity index (χ4v) is 1.46. The zero-order chi connectivity index (χ0) is 9.90. The third-order valence-corrected chi connectivity index (χ3v) is 2.59. The van der Waals surface area contributed by atoms with Crippen LogP contribution in [0, 0.1) is 0 Å². The van der Waals surface area contributed by atoms with Gasteiger partial charge in [0.15, 0.2) is 0 Å². The van der Waals surface area contributed by atoms with Crippen LogP contribution in [0.4, 0.5) is 0 Å². The minimum absolute atomic E-state index is 0.0177. The van der Waals surface area contributed by atoms with Gasteiger partial charge in [0.05, 0.1) is 0 Å². The molecule has 0 unspecified atom stereocenters. The zero-order valence-electron chi connectivity index (χ0n) is 9.14. The van der Waals surface area contributed by atoms with Crippen LogP contribution in [0.1, 0.15) is 33.6 Å². The molecule has 0 aromatic heterocycles. The second-order valence-corrected chi connectivity index (χ2v) is 4.84. The minimum Gasteiger partial charge on any atom is -0.326 e. The van der Waals surface area contributed by atoms with E-state index in [1.165, 1.54) is 18.5 Å². The van der Waals surface area contributed by atoms with Crippen molar-refractivity contribution in [2.45, 2.75) is 39.2 Å². The Bertz CT molecular complexity index is 189. The quantitative estimate of drug-likeness (QED) is 0.674. The van der Waals surface area contributed by atoms with Crippen molar-refractivity contribution in [2.24, 2.45) is 5.73 Å². The summed E-state index contributed by atoms with van der Waals surface area (Å²) in [6, 6.07) is 0. The first-order chi connectivity index (χ1) is 5.97. The molecule has 13 heavy (non-hydrogen) atoms. The molecule has 0 spiro atoms. The number of hydrogen-bond donors (Lipinski definition) is 1. The second-order valence-electron chi connectivity index (χ2n) is 4.84. The summed E-state index contributed by atoms with van der Waals surface area (Å²) < 4.78 is 0. The highest BCUT2D eigenvalue weighted by atomic mass is 15.1. The summed E-state index contributed by atoms with van der Waals surface area (Å²) in [5.41, 5.74) is 7.45. The number of nitrogens with two attached hydrogens (primary N) is 1. The molecule has 2 nitrogen and oxygen atoms in total. The highest BCUT2D eigenvalue weighted by Gasteiger charge is 2.14. The lowest BCUT2D eigenvalue weighted by atomic mass is 10.0. The highest BCUT2D eigenvalue weighted by Crippen LogP contribution is 2.12. The molecule has 0 saturated heterocycles. The molecule has 0 amide bonds. The van der Waals surface area contributed by atoms with Gasteiger partial charge in [-0.15, -0.1) is 0 Å². The average molecular weight is 182 g/mol. The maximum atomic E-state index is 5.94. The molecule has 1 heterocycles. The van der Waals surface area contributed by atoms with Crippen molar-refractivity contribution in [1.29, 1.82) is 0 Å². The van der Waals surface area contributed by atoms with Crippen molar-refractivity contribution >= 4 is 0 Å². The Balaban J connectivity index is 2.24. The first-order valence-corrected chi connectivity index (χ1v) is 5.14. The van der Waals surface area contributed by atoms with Crippen LogP contribution in [0.2, 0.25) is 0 Å². The first kappa shape index (κ1) is 10.7. The third-order valence-electron chi connectivity index (χ3n) is 2.59. The Morgan fingerprint density at radius 1 is 1.54 bits per heavy atom. The van der Waals surface area contributed by atoms with Gasteiger partial charge in [-0.25, -0.2) is 0 Å². The van der Waals surface area contributed by atoms with Gasteiger partial charge in [-0.3, -0.25) is 4.90 Å². The van der Waals surface area contributed by atoms with Gasteiger partial charge in [-0.2, -0.15) is 0 Å². The largest absolute Gasteiger partial charge is 0.326 e. The van der Waals surface area contributed by atoms with E-state index in [0.29, 0.717) is 0 Å². The summed E-state index contributed by atoms with van der Waals surface area (Å²) >= 11 is 0. The lowest BCUT2D eigenvalue weighted by Crippen LogP contribution is -2.38. The SMILES string of the molecule is CC1=CCN(CCC(C)(C)N)CC1. The maximum absolute atomic E-state index is 5.94. The fraction of sp³-hybridized carbons (Fsp3) is 0.818. The Morgan fingerprint density at radius 2 is 2.23 bits per heavy atom. The van der Waals surface area contributed by atoms with Gasteiger partial charge in [-0.1, -0.05) is 11.6 Å². The Morgan fingerprint density at radius 3 is 2.69 bits per heavy atom. The first-order valence-electron chi connectivity index (χ1n) is 5.14. The van der Waals surface area contributed by atoms with Crippen LogP contribution in [-0.4, -0.2) is 30.1 Å². The van der Waals surface area contributed by atoms with Crippen LogP contribution in [0.25, 0.3) is 0 Å². The Labute approximate surface area is 81.8 Å². The summed E-state index contributed by atoms with van der Waals surface area (Å²) in [4.78, 5) is 2.47. The second kappa shape index (κ2) is 4.25. The van der Waals surface area contributed by atoms with Crippen LogP contribution in [0.5, 0.6) is 0 Å². The van der Waals surface area contributed by atoms with Crippen LogP contribution in [-0.2, 0) is 0 Å². The molecule has 0 saturated carbocycles. The molecule has 2 heteroatoms. The predicted octanol–water partition coefficient (Wildman–Crippen LogP) is 1.77. The molecule has 0 bridgehead atoms. The number of hydrogen-bond acceptors (Lipinski definition) is 2. The molecule has 0 radical (unpaired) electrons. The summed E-state index contributed by atoms with van der Waals surface area (Å²) in [6.45, 7) is 9.86. The molecule has 0 atom stereocenters. The van der Waals surface area contributed by atoms with E-state index in [9.17, 15) is 0 Å². The maximum Gasteiger partial charge on any atom is 0.0165 e. The summed E-state index contributed by atoms with van der Waals surface area (Å²) in [6.07, 6.45) is 4.64. The lowest BCUT2D eigenvalue weighted by molar-refractivity contribution is 0.264. The monoisotopic (exact) mass is 182 g/mol. The van der Waals surface area contributed by atoms with Gasteiger partial charge in [-0.05, 0) is 33.6 Å². The van der Waals surface area contributed by atoms with Gasteiger partial charge in [0.25, 0.3) is 0 Å². The highest BCUT2D eigenvalue weighted by molar-refractivity contribution is 5.03. The van der Waals surface area contributed by atoms with Crippen molar-refractivity contribution in [3.63, 3.8) is 0 Å². The van der Waals surface area contributed by atoms with Crippen LogP contribution < -0.4 is 5.73 Å². The van der Waals surface area contributed by atoms with Crippen LogP contribution >= 0.6 is 0 Å². The summed E-state index contributed by atoms with van der Waals surface area (Å²) in [5.74, 6) is 0. The normalized spacial score (nSPS) is 20.2. The van der Waals surface area contributed by atoms with Gasteiger partial charge >= 0.3 is 0 Å². The molecular formula is C11H22N2. The summed E-state index contributed by atoms with van der Waals surface area (Å²) in [5, 5.41) is 0. The molecule has 0 aromatic rings. The molecular weight excluding hydrogens is 160 g/mol. The van der Waals surface area contributed by atoms with E-state index in [-0.39, 0.29) is 5.54 Å². The smallest absolute Gasteiger partial charge is 0.0165 e. The van der Waals surface area contributed by atoms with E-state index in [0.717, 1.165) is 19.5 Å². The van der Waals surface area contributed by atoms with E-state index in [2.05, 4.69) is 31.7 Å². The standard InChI is InChI=1S/C11H22N2/c1-10-4-7-13(8-5-10)9-6-11(2,3)12/h4H,5-9,12H2,1-3H3. The summed E-state index contributed by atoms with van der Waals surface area (Å²) in [7, 11) is 0. The van der Waals surface area contributed by atoms with Crippen molar-refractivity contribution in [1.82, 2.24) is 4.90 Å². The molecule has 76 valence electrons. The van der Waals surface area contributed by atoms with E-state index < -0.39 is 0 Å². The van der Waals surface area contributed by atoms with Gasteiger partial charge in [0.1, 0.15) is 0 Å². The Kier molecular flexibility index (Phi) is 3.51. The number of rotatable bonds is 3. The predicted molar refractivity (Wildman–Crippen MR) is 57.7 cm³/mol. The molecule has 1 rings (SSSR count). The van der Waals surface area contributed by atoms with Crippen molar-refractivity contribution in [3.8, 4) is 0 Å². The van der Waals surface area contributed by atoms with E-state index in [4.69, 9.17) is 5.73 Å². The topological polar surface area (TPSA) is 29.3 Å². The Hall–Kier alpha value is -0.340. The number of nitrogens with zero attached hydrogens (tertiary/aromatic N) is 1. The van der Waals surface area contributed by atoms with Gasteiger partial charge in [0, 0.05) is 25.2 Å². The van der Waals surface area contributed by atoms with Crippen LogP contribution in [0.3, 0.4) is 0 Å². The lowest BCUT2D eigenvalue weighted by Gasteiger charge is -2.28. The molecule has 1 aliphatic heterocycles. The van der Waals surface area contributed by atoms with Gasteiger partial charge in [0.2, 0.25) is 0 Å². The minimum atomic E-state index is -0.0177. The van der Waals surface area contributed by atoms with Crippen molar-refractivity contribution in [2.75, 3.05) is 19.6 Å². The zero-order valence-corrected chi connectivity index (χ0v) is 9.14. The van der Waals surface area contributed by atoms with Crippen molar-refractivity contribution < 1.29 is 0 Å². The molecule has 1 aliphatic rings.